The van der Waals surface area contributed by atoms with Crippen molar-refractivity contribution in [3.63, 3.8) is 0 Å². The number of unbranched alkanes of at least 4 members (excludes halogenated alkanes) is 1. The molecule has 5 heteroatoms. The monoisotopic (exact) mass is 399 g/mol. The van der Waals surface area contributed by atoms with Crippen molar-refractivity contribution in [1.82, 2.24) is 4.90 Å². The second-order valence-electron chi connectivity index (χ2n) is 7.15. The van der Waals surface area contributed by atoms with Gasteiger partial charge in [0.2, 0.25) is 0 Å². The highest BCUT2D eigenvalue weighted by Crippen LogP contribution is 2.39. The molecule has 0 aliphatic heterocycles. The first-order valence-electron chi connectivity index (χ1n) is 10.3. The van der Waals surface area contributed by atoms with Crippen LogP contribution in [0.25, 0.3) is 0 Å². The highest BCUT2D eigenvalue weighted by atomic mass is 16.5. The Balaban J connectivity index is 2.53. The summed E-state index contributed by atoms with van der Waals surface area (Å²) >= 11 is 0. The standard InChI is InChI=1S/C24H33NO4/c1-7-9-15-28-21-16-20(18(4)25(5)8-2)23(27-6)17(3)22(21)24(26)29-19-13-11-10-12-14-19/h10-14,16,18H,7-9,15H2,1-6H3/t18-/m0/s1. The minimum Gasteiger partial charge on any atom is -0.496 e. The summed E-state index contributed by atoms with van der Waals surface area (Å²) in [5.74, 6) is 1.30. The molecule has 0 radical (unpaired) electrons. The van der Waals surface area contributed by atoms with E-state index in [9.17, 15) is 4.79 Å². The van der Waals surface area contributed by atoms with Crippen molar-refractivity contribution in [2.24, 2.45) is 0 Å². The zero-order valence-electron chi connectivity index (χ0n) is 18.5. The third-order valence-electron chi connectivity index (χ3n) is 5.24. The molecule has 0 aromatic heterocycles. The Morgan fingerprint density at radius 1 is 1.17 bits per heavy atom. The van der Waals surface area contributed by atoms with Gasteiger partial charge in [-0.05, 0) is 52.1 Å². The van der Waals surface area contributed by atoms with Crippen molar-refractivity contribution in [2.75, 3.05) is 27.3 Å². The van der Waals surface area contributed by atoms with Gasteiger partial charge in [0.05, 0.1) is 13.7 Å². The first-order chi connectivity index (χ1) is 13.9. The van der Waals surface area contributed by atoms with E-state index in [4.69, 9.17) is 14.2 Å². The zero-order chi connectivity index (χ0) is 21.4. The summed E-state index contributed by atoms with van der Waals surface area (Å²) in [5, 5.41) is 0. The van der Waals surface area contributed by atoms with Gasteiger partial charge in [0.15, 0.2) is 0 Å². The van der Waals surface area contributed by atoms with Crippen LogP contribution in [0.1, 0.15) is 61.1 Å². The topological polar surface area (TPSA) is 48.0 Å². The Labute approximate surface area is 174 Å². The number of carbonyl (C=O) groups is 1. The van der Waals surface area contributed by atoms with Gasteiger partial charge in [-0.15, -0.1) is 0 Å². The van der Waals surface area contributed by atoms with Crippen LogP contribution in [-0.2, 0) is 0 Å². The number of nitrogens with zero attached hydrogens (tertiary/aromatic N) is 1. The van der Waals surface area contributed by atoms with Gasteiger partial charge in [-0.25, -0.2) is 4.79 Å². The fourth-order valence-electron chi connectivity index (χ4n) is 3.23. The van der Waals surface area contributed by atoms with Gasteiger partial charge in [0, 0.05) is 17.2 Å². The van der Waals surface area contributed by atoms with Crippen LogP contribution < -0.4 is 14.2 Å². The van der Waals surface area contributed by atoms with Gasteiger partial charge in [0.25, 0.3) is 0 Å². The van der Waals surface area contributed by atoms with E-state index in [-0.39, 0.29) is 6.04 Å². The fraction of sp³-hybridized carbons (Fsp3) is 0.458. The van der Waals surface area contributed by atoms with Crippen LogP contribution in [-0.4, -0.2) is 38.2 Å². The summed E-state index contributed by atoms with van der Waals surface area (Å²) in [5.41, 5.74) is 2.14. The van der Waals surface area contributed by atoms with Gasteiger partial charge >= 0.3 is 5.97 Å². The number of rotatable bonds is 10. The molecule has 0 saturated heterocycles. The maximum atomic E-state index is 13.1. The molecule has 2 aromatic carbocycles. The van der Waals surface area contributed by atoms with E-state index in [0.717, 1.165) is 30.5 Å². The minimum atomic E-state index is -0.443. The number of hydrogen-bond acceptors (Lipinski definition) is 5. The first kappa shape index (κ1) is 22.8. The number of esters is 1. The summed E-state index contributed by atoms with van der Waals surface area (Å²) < 4.78 is 17.4. The van der Waals surface area contributed by atoms with Crippen molar-refractivity contribution in [3.8, 4) is 17.2 Å². The Hall–Kier alpha value is -2.53. The maximum Gasteiger partial charge on any atom is 0.347 e. The predicted octanol–water partition coefficient (Wildman–Crippen LogP) is 5.41. The van der Waals surface area contributed by atoms with E-state index in [2.05, 4.69) is 32.7 Å². The number of ether oxygens (including phenoxy) is 3. The predicted molar refractivity (Wildman–Crippen MR) is 116 cm³/mol. The highest BCUT2D eigenvalue weighted by Gasteiger charge is 2.27. The molecule has 0 unspecified atom stereocenters. The number of methoxy groups -OCH3 is 1. The molecular weight excluding hydrogens is 366 g/mol. The SMILES string of the molecule is CCCCOc1cc([C@H](C)N(C)CC)c(OC)c(C)c1C(=O)Oc1ccccc1. The normalized spacial score (nSPS) is 12.0. The van der Waals surface area contributed by atoms with Crippen LogP contribution in [0.4, 0.5) is 0 Å². The number of hydrogen-bond donors (Lipinski definition) is 0. The summed E-state index contributed by atoms with van der Waals surface area (Å²) in [6.45, 7) is 9.67. The summed E-state index contributed by atoms with van der Waals surface area (Å²) in [6, 6.07) is 11.1. The molecule has 2 aromatic rings. The quantitative estimate of drug-likeness (QED) is 0.303. The molecule has 5 nitrogen and oxygen atoms in total. The third kappa shape index (κ3) is 5.51. The molecular formula is C24H33NO4. The van der Waals surface area contributed by atoms with Crippen LogP contribution in [0.2, 0.25) is 0 Å². The first-order valence-corrected chi connectivity index (χ1v) is 10.3. The van der Waals surface area contributed by atoms with Crippen molar-refractivity contribution in [3.05, 3.63) is 53.1 Å². The van der Waals surface area contributed by atoms with Gasteiger partial charge in [0.1, 0.15) is 22.8 Å². The molecule has 0 heterocycles. The zero-order valence-corrected chi connectivity index (χ0v) is 18.5. The van der Waals surface area contributed by atoms with Crippen LogP contribution in [0, 0.1) is 6.92 Å². The maximum absolute atomic E-state index is 13.1. The average Bonchev–Trinajstić information content (AvgIpc) is 2.73. The summed E-state index contributed by atoms with van der Waals surface area (Å²) in [4.78, 5) is 15.3. The second kappa shape index (κ2) is 10.9. The molecule has 0 aliphatic rings. The molecule has 0 fully saturated rings. The summed E-state index contributed by atoms with van der Waals surface area (Å²) in [7, 11) is 3.70. The van der Waals surface area contributed by atoms with Gasteiger partial charge < -0.3 is 14.2 Å². The molecule has 0 aliphatic carbocycles. The smallest absolute Gasteiger partial charge is 0.347 e. The van der Waals surface area contributed by atoms with Gasteiger partial charge in [-0.2, -0.15) is 0 Å². The molecule has 0 bridgehead atoms. The Morgan fingerprint density at radius 3 is 2.45 bits per heavy atom. The Morgan fingerprint density at radius 2 is 1.86 bits per heavy atom. The molecule has 158 valence electrons. The van der Waals surface area contributed by atoms with Crippen LogP contribution >= 0.6 is 0 Å². The summed E-state index contributed by atoms with van der Waals surface area (Å²) in [6.07, 6.45) is 1.93. The number of carbonyl (C=O) groups excluding carboxylic acids is 1. The largest absolute Gasteiger partial charge is 0.496 e. The van der Waals surface area contributed by atoms with E-state index in [1.54, 1.807) is 19.2 Å². The molecule has 0 spiro atoms. The van der Waals surface area contributed by atoms with Crippen LogP contribution in [0.5, 0.6) is 17.2 Å². The Bertz CT molecular complexity index is 804. The number of para-hydroxylation sites is 1. The molecule has 0 saturated carbocycles. The molecule has 29 heavy (non-hydrogen) atoms. The highest BCUT2D eigenvalue weighted by molar-refractivity contribution is 5.96. The van der Waals surface area contributed by atoms with E-state index < -0.39 is 5.97 Å². The lowest BCUT2D eigenvalue weighted by atomic mass is 9.97. The molecule has 0 amide bonds. The van der Waals surface area contributed by atoms with E-state index in [0.29, 0.717) is 29.4 Å². The van der Waals surface area contributed by atoms with Crippen molar-refractivity contribution < 1.29 is 19.0 Å². The van der Waals surface area contributed by atoms with Crippen LogP contribution in [0.15, 0.2) is 36.4 Å². The van der Waals surface area contributed by atoms with Gasteiger partial charge in [-0.3, -0.25) is 4.90 Å². The lowest BCUT2D eigenvalue weighted by Crippen LogP contribution is -2.23. The van der Waals surface area contributed by atoms with Crippen molar-refractivity contribution in [2.45, 2.75) is 46.6 Å². The lowest BCUT2D eigenvalue weighted by molar-refractivity contribution is 0.0728. The Kier molecular flexibility index (Phi) is 8.52. The van der Waals surface area contributed by atoms with Crippen molar-refractivity contribution >= 4 is 5.97 Å². The second-order valence-corrected chi connectivity index (χ2v) is 7.15. The van der Waals surface area contributed by atoms with E-state index >= 15 is 0 Å². The molecule has 0 N–H and O–H groups in total. The molecule has 1 atom stereocenters. The third-order valence-corrected chi connectivity index (χ3v) is 5.24. The van der Waals surface area contributed by atoms with E-state index in [1.807, 2.05) is 31.2 Å². The fourth-order valence-corrected chi connectivity index (χ4v) is 3.23. The number of benzene rings is 2. The van der Waals surface area contributed by atoms with Gasteiger partial charge in [-0.1, -0.05) is 38.5 Å². The lowest BCUT2D eigenvalue weighted by Gasteiger charge is -2.27. The van der Waals surface area contributed by atoms with E-state index in [1.165, 1.54) is 0 Å². The molecule has 2 rings (SSSR count). The van der Waals surface area contributed by atoms with Crippen molar-refractivity contribution in [1.29, 1.82) is 0 Å². The minimum absolute atomic E-state index is 0.112. The average molecular weight is 400 g/mol. The van der Waals surface area contributed by atoms with Crippen LogP contribution in [0.3, 0.4) is 0 Å².